The van der Waals surface area contributed by atoms with Gasteiger partial charge < -0.3 is 29.2 Å². The van der Waals surface area contributed by atoms with Crippen molar-refractivity contribution >= 4 is 19.7 Å². The van der Waals surface area contributed by atoms with Crippen molar-refractivity contribution in [3.63, 3.8) is 0 Å². The normalized spacial score (nSPS) is 34.0. The van der Waals surface area contributed by atoms with E-state index in [1.165, 1.54) is 72.8 Å². The van der Waals surface area contributed by atoms with Crippen LogP contribution < -0.4 is 19.6 Å². The monoisotopic (exact) mass is 734 g/mol. The number of likely N-dealkylation sites (tertiary alicyclic amines) is 4. The molecule has 0 spiro atoms. The third-order valence-corrected chi connectivity index (χ3v) is 13.9. The highest BCUT2D eigenvalue weighted by molar-refractivity contribution is 7.92. The number of nitrogens with zero attached hydrogens (tertiary/aromatic N) is 2. The predicted octanol–water partition coefficient (Wildman–Crippen LogP) is -2.83. The molecule has 48 heavy (non-hydrogen) atoms. The minimum atomic E-state index is -5.11. The molecule has 0 aromatic carbocycles. The van der Waals surface area contributed by atoms with Gasteiger partial charge in [-0.2, -0.15) is 41.4 Å². The molecule has 0 unspecified atom stereocenters. The molecule has 11 nitrogen and oxygen atoms in total. The molecule has 0 aromatic rings. The Bertz CT molecular complexity index is 1090. The average Bonchev–Trinajstić information content (AvgIpc) is 3.02. The van der Waals surface area contributed by atoms with Crippen LogP contribution in [0.5, 0.6) is 0 Å². The Hall–Kier alpha value is -0.590. The number of nitrogens with one attached hydrogen (secondary N) is 4. The highest BCUT2D eigenvalue weighted by Gasteiger charge is 2.51. The van der Waals surface area contributed by atoms with E-state index in [1.807, 2.05) is 0 Å². The van der Waals surface area contributed by atoms with Crippen molar-refractivity contribution < 1.29 is 54.3 Å². The lowest BCUT2D eigenvalue weighted by Gasteiger charge is -2.39. The Labute approximate surface area is 289 Å². The average molecular weight is 735 g/mol. The molecule has 5 fully saturated rings. The first-order chi connectivity index (χ1) is 22.3. The lowest BCUT2D eigenvalue weighted by atomic mass is 10.0. The van der Waals surface area contributed by atoms with E-state index in [9.17, 15) is 30.0 Å². The van der Waals surface area contributed by atoms with Crippen molar-refractivity contribution in [3.8, 4) is 0 Å². The summed E-state index contributed by atoms with van der Waals surface area (Å²) >= 11 is 0. The van der Waals surface area contributed by atoms with Crippen molar-refractivity contribution in [2.24, 2.45) is 0 Å². The van der Waals surface area contributed by atoms with Gasteiger partial charge in [0.05, 0.1) is 76.1 Å². The second kappa shape index (κ2) is 20.4. The standard InChI is InChI=1S/C10H20N2O.C8H18N2.C7H12F3NO2S.C7H15NO2S/c1-11-4-2-10(3-5-11)12-6-8-13-9-7-12;1-9(2)8-4-6-10(3)7-5-8;1-11-4-2-6(3-5-11)14(12,13)7(8,9)10;1-8-5-3-7(4-6-8)11(2,9)10/h10-11H,1-9H2;8,10H,3-7H2,1-2H3;6,11H,1-5H2;7-8H,1,3-6H2,2H3. The van der Waals surface area contributed by atoms with Crippen LogP contribution in [0.25, 0.3) is 0 Å². The van der Waals surface area contributed by atoms with E-state index in [-0.39, 0.29) is 18.1 Å². The molecule has 5 aliphatic rings. The molecule has 5 rings (SSSR count). The predicted molar refractivity (Wildman–Crippen MR) is 182 cm³/mol. The molecule has 0 bridgehead atoms. The summed E-state index contributed by atoms with van der Waals surface area (Å²) in [6, 6.07) is 1.62. The quantitative estimate of drug-likeness (QED) is 0.232. The van der Waals surface area contributed by atoms with Gasteiger partial charge in [-0.1, -0.05) is 0 Å². The first-order valence-electron chi connectivity index (χ1n) is 17.4. The molecule has 5 aliphatic heterocycles. The fraction of sp³-hybridized carbons (Fsp3) is 0.875. The molecule has 4 N–H and O–H groups in total. The number of ether oxygens (including phenoxy) is 1. The van der Waals surface area contributed by atoms with Crippen molar-refractivity contribution in [1.29, 1.82) is 0 Å². The fourth-order valence-electron chi connectivity index (χ4n) is 6.77. The molecule has 0 amide bonds. The van der Waals surface area contributed by atoms with Crippen LogP contribution in [0.15, 0.2) is 0 Å². The van der Waals surface area contributed by atoms with Gasteiger partial charge in [0.15, 0.2) is 9.84 Å². The van der Waals surface area contributed by atoms with Gasteiger partial charge in [-0.05, 0) is 14.1 Å². The Morgan fingerprint density at radius 1 is 0.646 bits per heavy atom. The van der Waals surface area contributed by atoms with Gasteiger partial charge in [0.25, 0.3) is 9.84 Å². The van der Waals surface area contributed by atoms with Crippen LogP contribution in [0.3, 0.4) is 0 Å². The molecule has 0 aromatic heterocycles. The second-order valence-corrected chi connectivity index (χ2v) is 18.8. The molecule has 5 saturated heterocycles. The van der Waals surface area contributed by atoms with E-state index in [2.05, 4.69) is 52.1 Å². The van der Waals surface area contributed by atoms with Crippen LogP contribution >= 0.6 is 0 Å². The topological polar surface area (TPSA) is 102 Å². The highest BCUT2D eigenvalue weighted by Crippen LogP contribution is 2.30. The van der Waals surface area contributed by atoms with Crippen molar-refractivity contribution in [2.75, 3.05) is 99.0 Å². The van der Waals surface area contributed by atoms with E-state index in [0.717, 1.165) is 69.2 Å². The number of alkyl halides is 3. The summed E-state index contributed by atoms with van der Waals surface area (Å²) in [5.41, 5.74) is -5.11. The van der Waals surface area contributed by atoms with E-state index >= 15 is 0 Å². The second-order valence-electron chi connectivity index (χ2n) is 14.3. The molecule has 0 saturated carbocycles. The number of sulfone groups is 2. The Balaban J connectivity index is 0.000000224. The molecule has 0 atom stereocenters. The van der Waals surface area contributed by atoms with Crippen LogP contribution in [-0.2, 0) is 24.4 Å². The number of halogens is 3. The maximum Gasteiger partial charge on any atom is 0.497 e. The van der Waals surface area contributed by atoms with Crippen molar-refractivity contribution in [1.82, 2.24) is 9.80 Å². The molecule has 286 valence electrons. The smallest absolute Gasteiger partial charge is 0.468 e. The maximum absolute atomic E-state index is 12.1. The van der Waals surface area contributed by atoms with Crippen LogP contribution in [0.1, 0.15) is 51.4 Å². The summed E-state index contributed by atoms with van der Waals surface area (Å²) in [6.07, 6.45) is 8.22. The molecular formula is C32H65F3N6O5S2. The number of hydrogen-bond donors (Lipinski definition) is 4. The van der Waals surface area contributed by atoms with Gasteiger partial charge >= 0.3 is 5.51 Å². The molecule has 5 heterocycles. The van der Waals surface area contributed by atoms with E-state index < -0.39 is 30.4 Å². The number of hydrogen-bond acceptors (Lipinski definition) is 7. The number of piperidine rings is 4. The Morgan fingerprint density at radius 2 is 1.00 bits per heavy atom. The summed E-state index contributed by atoms with van der Waals surface area (Å²) in [5.74, 6) is 0. The largest absolute Gasteiger partial charge is 0.497 e. The van der Waals surface area contributed by atoms with Crippen LogP contribution in [-0.4, -0.2) is 154 Å². The summed E-state index contributed by atoms with van der Waals surface area (Å²) in [5, 5.41) is -1.37. The lowest BCUT2D eigenvalue weighted by molar-refractivity contribution is -0.859. The molecular weight excluding hydrogens is 670 g/mol. The van der Waals surface area contributed by atoms with E-state index in [4.69, 9.17) is 4.74 Å². The van der Waals surface area contributed by atoms with E-state index in [1.54, 1.807) is 0 Å². The SMILES string of the molecule is [CH2-][NH+]1CCC(N(C)C)CC1.[CH2-][NH+]1CCC(N2CCOCC2)CC1.[CH2-][NH+]1CCC(S(=O)(=O)C(F)(F)F)CC1.[CH2-][NH+]1CCC(S(C)(=O)=O)CC1. The number of rotatable bonds is 4. The first kappa shape index (κ1) is 43.6. The minimum absolute atomic E-state index is 0.0423. The zero-order valence-corrected chi connectivity index (χ0v) is 31.3. The van der Waals surface area contributed by atoms with Crippen molar-refractivity contribution in [3.05, 3.63) is 28.2 Å². The highest BCUT2D eigenvalue weighted by atomic mass is 32.2. The zero-order chi connectivity index (χ0) is 36.1. The molecule has 16 heteroatoms. The summed E-state index contributed by atoms with van der Waals surface area (Å²) in [4.78, 5) is 9.84. The molecule has 0 aliphatic carbocycles. The summed E-state index contributed by atoms with van der Waals surface area (Å²) < 4.78 is 85.7. The summed E-state index contributed by atoms with van der Waals surface area (Å²) in [6.45, 7) is 11.6. The Morgan fingerprint density at radius 3 is 1.35 bits per heavy atom. The van der Waals surface area contributed by atoms with Gasteiger partial charge in [-0.3, -0.25) is 4.90 Å². The number of quaternary nitrogens is 4. The van der Waals surface area contributed by atoms with Crippen LogP contribution in [0, 0.1) is 28.2 Å². The van der Waals surface area contributed by atoms with Gasteiger partial charge in [0.2, 0.25) is 0 Å². The Kier molecular flexibility index (Phi) is 18.6. The third-order valence-electron chi connectivity index (χ3n) is 10.3. The maximum atomic E-state index is 12.1. The lowest BCUT2D eigenvalue weighted by Crippen LogP contribution is -3.08. The van der Waals surface area contributed by atoms with Gasteiger partial charge in [0, 0.05) is 82.8 Å². The van der Waals surface area contributed by atoms with Gasteiger partial charge in [-0.15, -0.1) is 0 Å². The van der Waals surface area contributed by atoms with Gasteiger partial charge in [0.1, 0.15) is 0 Å². The van der Waals surface area contributed by atoms with Crippen molar-refractivity contribution in [2.45, 2.75) is 79.5 Å². The van der Waals surface area contributed by atoms with E-state index in [0.29, 0.717) is 13.1 Å². The zero-order valence-electron chi connectivity index (χ0n) is 29.7. The van der Waals surface area contributed by atoms with Gasteiger partial charge in [-0.25, -0.2) is 16.8 Å². The fourth-order valence-corrected chi connectivity index (χ4v) is 9.10. The van der Waals surface area contributed by atoms with Crippen LogP contribution in [0.4, 0.5) is 13.2 Å². The first-order valence-corrected chi connectivity index (χ1v) is 20.9. The van der Waals surface area contributed by atoms with Crippen LogP contribution in [0.2, 0.25) is 0 Å². The molecule has 0 radical (unpaired) electrons. The minimum Gasteiger partial charge on any atom is -0.468 e. The number of morpholine rings is 1. The summed E-state index contributed by atoms with van der Waals surface area (Å²) in [7, 11) is 12.1. The third kappa shape index (κ3) is 15.3.